The van der Waals surface area contributed by atoms with E-state index in [2.05, 4.69) is 5.32 Å². The lowest BCUT2D eigenvalue weighted by Crippen LogP contribution is -2.23. The van der Waals surface area contributed by atoms with Crippen molar-refractivity contribution in [1.29, 1.82) is 0 Å². The molecule has 0 saturated carbocycles. The minimum Gasteiger partial charge on any atom is -0.385 e. The summed E-state index contributed by atoms with van der Waals surface area (Å²) in [6.45, 7) is 4.84. The van der Waals surface area contributed by atoms with Crippen molar-refractivity contribution in [2.75, 3.05) is 53.7 Å². The summed E-state index contributed by atoms with van der Waals surface area (Å²) in [5.74, 6) is 0. The van der Waals surface area contributed by atoms with E-state index in [1.165, 1.54) is 0 Å². The SMILES string of the molecule is COCCCOCCNCCOC. The van der Waals surface area contributed by atoms with Crippen LogP contribution in [0.2, 0.25) is 0 Å². The van der Waals surface area contributed by atoms with Gasteiger partial charge in [0.15, 0.2) is 0 Å². The Morgan fingerprint density at radius 1 is 0.846 bits per heavy atom. The second kappa shape index (κ2) is 11.8. The quantitative estimate of drug-likeness (QED) is 0.503. The van der Waals surface area contributed by atoms with E-state index in [1.54, 1.807) is 14.2 Å². The zero-order valence-corrected chi connectivity index (χ0v) is 8.67. The van der Waals surface area contributed by atoms with Crippen LogP contribution in [-0.4, -0.2) is 53.7 Å². The van der Waals surface area contributed by atoms with E-state index < -0.39 is 0 Å². The van der Waals surface area contributed by atoms with Gasteiger partial charge < -0.3 is 19.5 Å². The highest BCUT2D eigenvalue weighted by atomic mass is 16.5. The van der Waals surface area contributed by atoms with E-state index in [0.29, 0.717) is 0 Å². The van der Waals surface area contributed by atoms with Crippen molar-refractivity contribution >= 4 is 0 Å². The maximum Gasteiger partial charge on any atom is 0.0590 e. The summed E-state index contributed by atoms with van der Waals surface area (Å²) < 4.78 is 15.1. The van der Waals surface area contributed by atoms with Gasteiger partial charge >= 0.3 is 0 Å². The smallest absolute Gasteiger partial charge is 0.0590 e. The molecule has 80 valence electrons. The lowest BCUT2D eigenvalue weighted by Gasteiger charge is -2.05. The van der Waals surface area contributed by atoms with Gasteiger partial charge in [-0.1, -0.05) is 0 Å². The van der Waals surface area contributed by atoms with Crippen molar-refractivity contribution in [3.63, 3.8) is 0 Å². The molecule has 0 radical (unpaired) electrons. The molecule has 0 aliphatic carbocycles. The summed E-state index contributed by atoms with van der Waals surface area (Å²) >= 11 is 0. The minimum atomic E-state index is 0.754. The van der Waals surface area contributed by atoms with Crippen molar-refractivity contribution in [3.8, 4) is 0 Å². The first kappa shape index (κ1) is 12.8. The third-order valence-electron chi connectivity index (χ3n) is 1.54. The van der Waals surface area contributed by atoms with Gasteiger partial charge in [-0.05, 0) is 6.42 Å². The lowest BCUT2D eigenvalue weighted by atomic mass is 10.5. The molecule has 0 fully saturated rings. The van der Waals surface area contributed by atoms with Gasteiger partial charge in [-0.2, -0.15) is 0 Å². The highest BCUT2D eigenvalue weighted by Crippen LogP contribution is 1.82. The van der Waals surface area contributed by atoms with E-state index in [-0.39, 0.29) is 0 Å². The molecule has 0 atom stereocenters. The first-order valence-corrected chi connectivity index (χ1v) is 4.68. The molecular weight excluding hydrogens is 170 g/mol. The summed E-state index contributed by atoms with van der Waals surface area (Å²) in [5, 5.41) is 3.20. The van der Waals surface area contributed by atoms with Crippen LogP contribution in [-0.2, 0) is 14.2 Å². The van der Waals surface area contributed by atoms with Gasteiger partial charge in [0.2, 0.25) is 0 Å². The molecule has 0 unspecified atom stereocenters. The van der Waals surface area contributed by atoms with E-state index >= 15 is 0 Å². The van der Waals surface area contributed by atoms with Crippen LogP contribution in [0.15, 0.2) is 0 Å². The zero-order chi connectivity index (χ0) is 9.78. The molecule has 0 aromatic rings. The molecule has 0 aliphatic heterocycles. The fraction of sp³-hybridized carbons (Fsp3) is 1.00. The maximum atomic E-state index is 5.33. The summed E-state index contributed by atoms with van der Waals surface area (Å²) in [7, 11) is 3.40. The fourth-order valence-electron chi connectivity index (χ4n) is 0.851. The van der Waals surface area contributed by atoms with Gasteiger partial charge in [-0.3, -0.25) is 0 Å². The largest absolute Gasteiger partial charge is 0.385 e. The summed E-state index contributed by atoms with van der Waals surface area (Å²) in [4.78, 5) is 0. The highest BCUT2D eigenvalue weighted by molar-refractivity contribution is 4.44. The second-order valence-electron chi connectivity index (χ2n) is 2.70. The molecule has 1 N–H and O–H groups in total. The van der Waals surface area contributed by atoms with Crippen LogP contribution in [0.5, 0.6) is 0 Å². The Bertz CT molecular complexity index is 80.9. The monoisotopic (exact) mass is 191 g/mol. The molecule has 0 heterocycles. The van der Waals surface area contributed by atoms with Crippen LogP contribution in [0.4, 0.5) is 0 Å². The first-order valence-electron chi connectivity index (χ1n) is 4.68. The molecule has 0 aromatic heterocycles. The molecule has 0 spiro atoms. The lowest BCUT2D eigenvalue weighted by molar-refractivity contribution is 0.103. The predicted molar refractivity (Wildman–Crippen MR) is 52.1 cm³/mol. The Labute approximate surface area is 80.5 Å². The van der Waals surface area contributed by atoms with Crippen LogP contribution >= 0.6 is 0 Å². The number of ether oxygens (including phenoxy) is 3. The predicted octanol–water partition coefficient (Wildman–Crippen LogP) is 0.276. The van der Waals surface area contributed by atoms with Crippen molar-refractivity contribution in [2.24, 2.45) is 0 Å². The van der Waals surface area contributed by atoms with Crippen LogP contribution in [0.25, 0.3) is 0 Å². The van der Waals surface area contributed by atoms with Gasteiger partial charge in [-0.25, -0.2) is 0 Å². The van der Waals surface area contributed by atoms with Crippen molar-refractivity contribution < 1.29 is 14.2 Å². The summed E-state index contributed by atoms with van der Waals surface area (Å²) in [5.41, 5.74) is 0. The maximum absolute atomic E-state index is 5.33. The van der Waals surface area contributed by atoms with Gasteiger partial charge in [0.1, 0.15) is 0 Å². The molecule has 13 heavy (non-hydrogen) atoms. The standard InChI is InChI=1S/C9H21NO3/c1-11-6-3-7-13-9-5-10-4-8-12-2/h10H,3-9H2,1-2H3. The molecule has 0 rings (SSSR count). The average molecular weight is 191 g/mol. The van der Waals surface area contributed by atoms with Crippen LogP contribution < -0.4 is 5.32 Å². The Balaban J connectivity index is 2.76. The number of hydrogen-bond acceptors (Lipinski definition) is 4. The minimum absolute atomic E-state index is 0.754. The Morgan fingerprint density at radius 3 is 2.23 bits per heavy atom. The van der Waals surface area contributed by atoms with E-state index in [9.17, 15) is 0 Å². The third kappa shape index (κ3) is 11.8. The molecule has 0 saturated heterocycles. The number of nitrogens with one attached hydrogen (secondary N) is 1. The topological polar surface area (TPSA) is 39.7 Å². The second-order valence-corrected chi connectivity index (χ2v) is 2.70. The molecule has 4 nitrogen and oxygen atoms in total. The molecule has 4 heteroatoms. The van der Waals surface area contributed by atoms with Crippen LogP contribution in [0.3, 0.4) is 0 Å². The summed E-state index contributed by atoms with van der Waals surface area (Å²) in [6, 6.07) is 0. The Hall–Kier alpha value is -0.160. The third-order valence-corrected chi connectivity index (χ3v) is 1.54. The van der Waals surface area contributed by atoms with Crippen molar-refractivity contribution in [1.82, 2.24) is 5.32 Å². The van der Waals surface area contributed by atoms with E-state index in [4.69, 9.17) is 14.2 Å². The van der Waals surface area contributed by atoms with Gasteiger partial charge in [0, 0.05) is 40.5 Å². The average Bonchev–Trinajstić information content (AvgIpc) is 2.16. The van der Waals surface area contributed by atoms with E-state index in [0.717, 1.165) is 45.9 Å². The molecule has 0 aromatic carbocycles. The fourth-order valence-corrected chi connectivity index (χ4v) is 0.851. The van der Waals surface area contributed by atoms with Gasteiger partial charge in [0.05, 0.1) is 13.2 Å². The Kier molecular flexibility index (Phi) is 11.7. The summed E-state index contributed by atoms with van der Waals surface area (Å²) in [6.07, 6.45) is 0.967. The zero-order valence-electron chi connectivity index (χ0n) is 8.67. The van der Waals surface area contributed by atoms with Crippen LogP contribution in [0, 0.1) is 0 Å². The molecule has 0 bridgehead atoms. The van der Waals surface area contributed by atoms with Gasteiger partial charge in [-0.15, -0.1) is 0 Å². The highest BCUT2D eigenvalue weighted by Gasteiger charge is 1.89. The first-order chi connectivity index (χ1) is 6.41. The Morgan fingerprint density at radius 2 is 1.54 bits per heavy atom. The number of methoxy groups -OCH3 is 2. The van der Waals surface area contributed by atoms with E-state index in [1.807, 2.05) is 0 Å². The molecular formula is C9H21NO3. The van der Waals surface area contributed by atoms with Crippen molar-refractivity contribution in [2.45, 2.75) is 6.42 Å². The molecule has 0 aliphatic rings. The number of hydrogen-bond donors (Lipinski definition) is 1. The van der Waals surface area contributed by atoms with Gasteiger partial charge in [0.25, 0.3) is 0 Å². The van der Waals surface area contributed by atoms with Crippen LogP contribution in [0.1, 0.15) is 6.42 Å². The molecule has 0 amide bonds. The number of rotatable bonds is 10. The normalized spacial score (nSPS) is 10.6. The van der Waals surface area contributed by atoms with Crippen molar-refractivity contribution in [3.05, 3.63) is 0 Å².